The number of hydrogen-bond donors (Lipinski definition) is 1. The van der Waals surface area contributed by atoms with Crippen molar-refractivity contribution in [2.24, 2.45) is 0 Å². The molecule has 0 bridgehead atoms. The third-order valence-electron chi connectivity index (χ3n) is 4.74. The molecule has 0 aromatic heterocycles. The zero-order valence-corrected chi connectivity index (χ0v) is 15.8. The number of rotatable bonds is 7. The molecule has 0 spiro atoms. The number of hydrogen-bond acceptors (Lipinski definition) is 4. The minimum Gasteiger partial charge on any atom is -0.495 e. The van der Waals surface area contributed by atoms with Gasteiger partial charge in [0.2, 0.25) is 5.91 Å². The van der Waals surface area contributed by atoms with E-state index in [9.17, 15) is 4.79 Å². The SMILES string of the molecule is COc1ccccc1NCC(=O)N1CCN(C/C=C/c2ccccc2)CC1. The van der Waals surface area contributed by atoms with Crippen molar-refractivity contribution in [1.29, 1.82) is 0 Å². The van der Waals surface area contributed by atoms with Crippen molar-refractivity contribution < 1.29 is 9.53 Å². The molecule has 5 nitrogen and oxygen atoms in total. The first kappa shape index (κ1) is 19.0. The quantitative estimate of drug-likeness (QED) is 0.819. The summed E-state index contributed by atoms with van der Waals surface area (Å²) in [5.41, 5.74) is 2.06. The van der Waals surface area contributed by atoms with Gasteiger partial charge in [-0.15, -0.1) is 0 Å². The van der Waals surface area contributed by atoms with E-state index in [1.54, 1.807) is 7.11 Å². The maximum absolute atomic E-state index is 12.5. The van der Waals surface area contributed by atoms with Crippen LogP contribution in [0.5, 0.6) is 5.75 Å². The molecule has 1 saturated heterocycles. The first-order chi connectivity index (χ1) is 13.3. The Morgan fingerprint density at radius 1 is 1.04 bits per heavy atom. The van der Waals surface area contributed by atoms with Gasteiger partial charge in [-0.3, -0.25) is 9.69 Å². The molecule has 2 aromatic carbocycles. The first-order valence-electron chi connectivity index (χ1n) is 9.35. The molecule has 5 heteroatoms. The minimum absolute atomic E-state index is 0.125. The first-order valence-corrected chi connectivity index (χ1v) is 9.35. The fourth-order valence-electron chi connectivity index (χ4n) is 3.16. The summed E-state index contributed by atoms with van der Waals surface area (Å²) in [5.74, 6) is 0.876. The number of para-hydroxylation sites is 2. The van der Waals surface area contributed by atoms with Gasteiger partial charge in [-0.25, -0.2) is 0 Å². The molecule has 3 rings (SSSR count). The van der Waals surface area contributed by atoms with E-state index in [1.807, 2.05) is 47.4 Å². The van der Waals surface area contributed by atoms with Crippen LogP contribution in [0.3, 0.4) is 0 Å². The second-order valence-electron chi connectivity index (χ2n) is 6.55. The number of ether oxygens (including phenoxy) is 1. The Morgan fingerprint density at radius 2 is 1.74 bits per heavy atom. The molecule has 0 atom stereocenters. The van der Waals surface area contributed by atoms with E-state index in [0.29, 0.717) is 0 Å². The number of nitrogens with zero attached hydrogens (tertiary/aromatic N) is 2. The van der Waals surface area contributed by atoms with E-state index >= 15 is 0 Å². The van der Waals surface area contributed by atoms with Crippen molar-refractivity contribution in [1.82, 2.24) is 9.80 Å². The van der Waals surface area contributed by atoms with Gasteiger partial charge in [0, 0.05) is 32.7 Å². The molecule has 2 aromatic rings. The molecular formula is C22H27N3O2. The lowest BCUT2D eigenvalue weighted by molar-refractivity contribution is -0.130. The van der Waals surface area contributed by atoms with E-state index in [-0.39, 0.29) is 12.5 Å². The molecule has 1 N–H and O–H groups in total. The zero-order chi connectivity index (χ0) is 18.9. The van der Waals surface area contributed by atoms with Crippen LogP contribution in [0.1, 0.15) is 5.56 Å². The van der Waals surface area contributed by atoms with Crippen molar-refractivity contribution in [3.8, 4) is 5.75 Å². The van der Waals surface area contributed by atoms with Gasteiger partial charge in [0.25, 0.3) is 0 Å². The van der Waals surface area contributed by atoms with Gasteiger partial charge in [-0.2, -0.15) is 0 Å². The Kier molecular flexibility index (Phi) is 6.88. The van der Waals surface area contributed by atoms with Crippen LogP contribution < -0.4 is 10.1 Å². The summed E-state index contributed by atoms with van der Waals surface area (Å²) >= 11 is 0. The molecular weight excluding hydrogens is 338 g/mol. The lowest BCUT2D eigenvalue weighted by Crippen LogP contribution is -2.50. The number of carbonyl (C=O) groups is 1. The Hall–Kier alpha value is -2.79. The Balaban J connectivity index is 1.40. The van der Waals surface area contributed by atoms with Crippen LogP contribution in [0, 0.1) is 0 Å². The fraction of sp³-hybridized carbons (Fsp3) is 0.318. The van der Waals surface area contributed by atoms with E-state index in [2.05, 4.69) is 34.5 Å². The largest absolute Gasteiger partial charge is 0.495 e. The summed E-state index contributed by atoms with van der Waals surface area (Å²) in [6, 6.07) is 18.0. The summed E-state index contributed by atoms with van der Waals surface area (Å²) in [6.07, 6.45) is 4.34. The van der Waals surface area contributed by atoms with E-state index in [4.69, 9.17) is 4.74 Å². The summed E-state index contributed by atoms with van der Waals surface area (Å²) in [4.78, 5) is 16.8. The molecule has 0 saturated carbocycles. The number of carbonyl (C=O) groups excluding carboxylic acids is 1. The van der Waals surface area contributed by atoms with Crippen molar-refractivity contribution in [3.05, 3.63) is 66.2 Å². The summed E-state index contributed by atoms with van der Waals surface area (Å²) in [6.45, 7) is 4.54. The Morgan fingerprint density at radius 3 is 2.48 bits per heavy atom. The molecule has 1 heterocycles. The number of anilines is 1. The normalized spacial score (nSPS) is 15.1. The molecule has 1 aliphatic heterocycles. The standard InChI is InChI=1S/C22H27N3O2/c1-27-21-12-6-5-11-20(21)23-18-22(26)25-16-14-24(15-17-25)13-7-10-19-8-3-2-4-9-19/h2-12,23H,13-18H2,1H3/b10-7+. The topological polar surface area (TPSA) is 44.8 Å². The highest BCUT2D eigenvalue weighted by Crippen LogP contribution is 2.22. The van der Waals surface area contributed by atoms with Crippen LogP contribution in [-0.2, 0) is 4.79 Å². The molecule has 0 unspecified atom stereocenters. The lowest BCUT2D eigenvalue weighted by Gasteiger charge is -2.34. The predicted molar refractivity (Wildman–Crippen MR) is 110 cm³/mol. The van der Waals surface area contributed by atoms with Gasteiger partial charge in [-0.05, 0) is 17.7 Å². The van der Waals surface area contributed by atoms with Crippen LogP contribution in [0.2, 0.25) is 0 Å². The number of piperazine rings is 1. The third kappa shape index (κ3) is 5.59. The second-order valence-corrected chi connectivity index (χ2v) is 6.55. The molecule has 142 valence electrons. The number of benzene rings is 2. The number of amides is 1. The van der Waals surface area contributed by atoms with E-state index in [0.717, 1.165) is 44.2 Å². The van der Waals surface area contributed by atoms with Crippen LogP contribution >= 0.6 is 0 Å². The average molecular weight is 365 g/mol. The highest BCUT2D eigenvalue weighted by atomic mass is 16.5. The maximum atomic E-state index is 12.5. The smallest absolute Gasteiger partial charge is 0.241 e. The van der Waals surface area contributed by atoms with Crippen LogP contribution in [0.25, 0.3) is 6.08 Å². The molecule has 1 fully saturated rings. The van der Waals surface area contributed by atoms with Crippen molar-refractivity contribution in [2.75, 3.05) is 51.7 Å². The Bertz CT molecular complexity index is 753. The van der Waals surface area contributed by atoms with Gasteiger partial charge in [-0.1, -0.05) is 54.6 Å². The number of nitrogens with one attached hydrogen (secondary N) is 1. The van der Waals surface area contributed by atoms with E-state index in [1.165, 1.54) is 5.56 Å². The highest BCUT2D eigenvalue weighted by molar-refractivity contribution is 5.81. The lowest BCUT2D eigenvalue weighted by atomic mass is 10.2. The highest BCUT2D eigenvalue weighted by Gasteiger charge is 2.20. The monoisotopic (exact) mass is 365 g/mol. The zero-order valence-electron chi connectivity index (χ0n) is 15.8. The molecule has 1 aliphatic rings. The van der Waals surface area contributed by atoms with Gasteiger partial charge in [0.1, 0.15) is 5.75 Å². The van der Waals surface area contributed by atoms with Gasteiger partial charge >= 0.3 is 0 Å². The van der Waals surface area contributed by atoms with Crippen molar-refractivity contribution in [2.45, 2.75) is 0 Å². The number of methoxy groups -OCH3 is 1. The van der Waals surface area contributed by atoms with Crippen LogP contribution in [-0.4, -0.2) is 62.1 Å². The van der Waals surface area contributed by atoms with Crippen LogP contribution in [0.4, 0.5) is 5.69 Å². The third-order valence-corrected chi connectivity index (χ3v) is 4.74. The minimum atomic E-state index is 0.125. The summed E-state index contributed by atoms with van der Waals surface area (Å²) in [5, 5.41) is 3.18. The summed E-state index contributed by atoms with van der Waals surface area (Å²) < 4.78 is 5.31. The average Bonchev–Trinajstić information content (AvgIpc) is 2.73. The summed E-state index contributed by atoms with van der Waals surface area (Å²) in [7, 11) is 1.63. The molecule has 1 amide bonds. The maximum Gasteiger partial charge on any atom is 0.241 e. The predicted octanol–water partition coefficient (Wildman–Crippen LogP) is 2.96. The second kappa shape index (κ2) is 9.78. The van der Waals surface area contributed by atoms with Crippen LogP contribution in [0.15, 0.2) is 60.7 Å². The van der Waals surface area contributed by atoms with Gasteiger partial charge < -0.3 is 15.0 Å². The van der Waals surface area contributed by atoms with Gasteiger partial charge in [0.05, 0.1) is 19.3 Å². The Labute approximate surface area is 161 Å². The molecule has 0 aliphatic carbocycles. The molecule has 27 heavy (non-hydrogen) atoms. The molecule has 0 radical (unpaired) electrons. The van der Waals surface area contributed by atoms with Crippen molar-refractivity contribution in [3.63, 3.8) is 0 Å². The van der Waals surface area contributed by atoms with Crippen molar-refractivity contribution >= 4 is 17.7 Å². The fourth-order valence-corrected chi connectivity index (χ4v) is 3.16. The van der Waals surface area contributed by atoms with E-state index < -0.39 is 0 Å². The van der Waals surface area contributed by atoms with Gasteiger partial charge in [0.15, 0.2) is 0 Å².